The zero-order valence-electron chi connectivity index (χ0n) is 11.1. The first-order valence-electron chi connectivity index (χ1n) is 6.07. The van der Waals surface area contributed by atoms with Crippen LogP contribution in [0.5, 0.6) is 0 Å². The van der Waals surface area contributed by atoms with E-state index in [1.165, 1.54) is 7.11 Å². The third kappa shape index (κ3) is 4.62. The third-order valence-corrected chi connectivity index (χ3v) is 2.92. The molecule has 0 saturated heterocycles. The number of benzene rings is 1. The molecule has 0 spiro atoms. The topological polar surface area (TPSA) is 87.1 Å². The number of carbonyl (C=O) groups excluding carboxylic acids is 1. The molecule has 2 atom stereocenters. The van der Waals surface area contributed by atoms with E-state index in [9.17, 15) is 4.79 Å². The Morgan fingerprint density at radius 2 is 2.16 bits per heavy atom. The van der Waals surface area contributed by atoms with Crippen LogP contribution in [0, 0.1) is 0 Å². The molecule has 1 N–H and O–H groups in total. The van der Waals surface area contributed by atoms with Crippen molar-refractivity contribution in [1.82, 2.24) is 5.32 Å². The number of nitrogens with one attached hydrogen (secondary N) is 1. The summed E-state index contributed by atoms with van der Waals surface area (Å²) in [5, 5.41) is 6.49. The molecule has 6 heteroatoms. The predicted molar refractivity (Wildman–Crippen MR) is 72.7 cm³/mol. The summed E-state index contributed by atoms with van der Waals surface area (Å²) < 4.78 is 4.81. The Kier molecular flexibility index (Phi) is 6.43. The Bertz CT molecular complexity index is 443. The Morgan fingerprint density at radius 1 is 1.47 bits per heavy atom. The van der Waals surface area contributed by atoms with Gasteiger partial charge in [0.15, 0.2) is 0 Å². The van der Waals surface area contributed by atoms with Gasteiger partial charge in [-0.1, -0.05) is 42.4 Å². The zero-order chi connectivity index (χ0) is 14.1. The maximum absolute atomic E-state index is 11.8. The van der Waals surface area contributed by atoms with Crippen molar-refractivity contribution in [3.63, 3.8) is 0 Å². The first-order chi connectivity index (χ1) is 9.20. The number of hydrogen-bond acceptors (Lipinski definition) is 4. The number of esters is 1. The van der Waals surface area contributed by atoms with Gasteiger partial charge < -0.3 is 10.1 Å². The highest BCUT2D eigenvalue weighted by molar-refractivity contribution is 5.77. The van der Waals surface area contributed by atoms with Gasteiger partial charge in [-0.15, -0.1) is 0 Å². The third-order valence-electron chi connectivity index (χ3n) is 2.92. The van der Waals surface area contributed by atoms with Gasteiger partial charge in [0.2, 0.25) is 0 Å². The van der Waals surface area contributed by atoms with Crippen molar-refractivity contribution in [2.24, 2.45) is 5.11 Å². The summed E-state index contributed by atoms with van der Waals surface area (Å²) in [5.41, 5.74) is 9.26. The normalized spacial score (nSPS) is 13.2. The fourth-order valence-corrected chi connectivity index (χ4v) is 1.86. The van der Waals surface area contributed by atoms with E-state index >= 15 is 0 Å². The van der Waals surface area contributed by atoms with E-state index in [2.05, 4.69) is 15.3 Å². The molecule has 1 aromatic carbocycles. The molecule has 0 bridgehead atoms. The first-order valence-corrected chi connectivity index (χ1v) is 6.07. The molecular formula is C13H18N4O2. The van der Waals surface area contributed by atoms with E-state index in [0.29, 0.717) is 13.1 Å². The number of methoxy groups -OCH3 is 1. The summed E-state index contributed by atoms with van der Waals surface area (Å²) in [7, 11) is 1.36. The van der Waals surface area contributed by atoms with Crippen LogP contribution in [-0.2, 0) is 9.53 Å². The molecule has 0 saturated carbocycles. The van der Waals surface area contributed by atoms with Crippen LogP contribution >= 0.6 is 0 Å². The molecule has 0 heterocycles. The molecule has 102 valence electrons. The van der Waals surface area contributed by atoms with Crippen LogP contribution in [0.3, 0.4) is 0 Å². The van der Waals surface area contributed by atoms with E-state index in [1.807, 2.05) is 37.3 Å². The van der Waals surface area contributed by atoms with Gasteiger partial charge in [0.05, 0.1) is 7.11 Å². The molecule has 0 aliphatic rings. The molecule has 1 aromatic rings. The maximum atomic E-state index is 11.8. The van der Waals surface area contributed by atoms with Gasteiger partial charge in [0, 0.05) is 23.9 Å². The Morgan fingerprint density at radius 3 is 2.74 bits per heavy atom. The lowest BCUT2D eigenvalue weighted by molar-refractivity contribution is -0.143. The molecule has 0 aromatic heterocycles. The Labute approximate surface area is 112 Å². The number of rotatable bonds is 7. The Balaban J connectivity index is 2.73. The van der Waals surface area contributed by atoms with Gasteiger partial charge in [-0.25, -0.2) is 0 Å². The summed E-state index contributed by atoms with van der Waals surface area (Å²) in [6.07, 6.45) is 0. The SMILES string of the molecule is COC(=O)C(NCCN=[N+]=[N-])C(C)c1ccccc1. The first kappa shape index (κ1) is 15.0. The zero-order valence-corrected chi connectivity index (χ0v) is 11.1. The fraction of sp³-hybridized carbons (Fsp3) is 0.462. The minimum absolute atomic E-state index is 0.0280. The van der Waals surface area contributed by atoms with Crippen molar-refractivity contribution >= 4 is 5.97 Å². The molecular weight excluding hydrogens is 244 g/mol. The van der Waals surface area contributed by atoms with Gasteiger partial charge in [-0.2, -0.15) is 0 Å². The van der Waals surface area contributed by atoms with Crippen molar-refractivity contribution in [2.45, 2.75) is 18.9 Å². The lowest BCUT2D eigenvalue weighted by atomic mass is 9.93. The van der Waals surface area contributed by atoms with Crippen LogP contribution < -0.4 is 5.32 Å². The van der Waals surface area contributed by atoms with Crippen LogP contribution in [0.15, 0.2) is 35.4 Å². The molecule has 0 aliphatic carbocycles. The second kappa shape index (κ2) is 8.13. The minimum atomic E-state index is -0.457. The molecule has 6 nitrogen and oxygen atoms in total. The number of carbonyl (C=O) groups is 1. The number of azide groups is 1. The molecule has 1 rings (SSSR count). The summed E-state index contributed by atoms with van der Waals surface area (Å²) in [6.45, 7) is 2.68. The second-order valence-electron chi connectivity index (χ2n) is 4.11. The van der Waals surface area contributed by atoms with Crippen LogP contribution in [0.25, 0.3) is 10.4 Å². The highest BCUT2D eigenvalue weighted by Crippen LogP contribution is 2.19. The quantitative estimate of drug-likeness (QED) is 0.269. The van der Waals surface area contributed by atoms with Crippen molar-refractivity contribution in [3.8, 4) is 0 Å². The molecule has 0 fully saturated rings. The summed E-state index contributed by atoms with van der Waals surface area (Å²) >= 11 is 0. The van der Waals surface area contributed by atoms with Gasteiger partial charge in [0.1, 0.15) is 6.04 Å². The molecule has 19 heavy (non-hydrogen) atoms. The number of nitrogens with zero attached hydrogens (tertiary/aromatic N) is 3. The van der Waals surface area contributed by atoms with Gasteiger partial charge in [-0.05, 0) is 11.1 Å². The number of hydrogen-bond donors (Lipinski definition) is 1. The second-order valence-corrected chi connectivity index (χ2v) is 4.11. The van der Waals surface area contributed by atoms with Gasteiger partial charge >= 0.3 is 5.97 Å². The van der Waals surface area contributed by atoms with Crippen LogP contribution in [-0.4, -0.2) is 32.2 Å². The fourth-order valence-electron chi connectivity index (χ4n) is 1.86. The number of ether oxygens (including phenoxy) is 1. The van der Waals surface area contributed by atoms with Crippen molar-refractivity contribution < 1.29 is 9.53 Å². The smallest absolute Gasteiger partial charge is 0.323 e. The minimum Gasteiger partial charge on any atom is -0.468 e. The largest absolute Gasteiger partial charge is 0.468 e. The summed E-state index contributed by atoms with van der Waals surface area (Å²) in [6, 6.07) is 9.27. The highest BCUT2D eigenvalue weighted by atomic mass is 16.5. The highest BCUT2D eigenvalue weighted by Gasteiger charge is 2.26. The van der Waals surface area contributed by atoms with Crippen molar-refractivity contribution in [1.29, 1.82) is 0 Å². The lowest BCUT2D eigenvalue weighted by Gasteiger charge is -2.23. The van der Waals surface area contributed by atoms with Crippen LogP contribution in [0.2, 0.25) is 0 Å². The van der Waals surface area contributed by atoms with E-state index in [4.69, 9.17) is 10.3 Å². The van der Waals surface area contributed by atoms with Gasteiger partial charge in [-0.3, -0.25) is 4.79 Å². The van der Waals surface area contributed by atoms with Crippen molar-refractivity contribution in [3.05, 3.63) is 46.3 Å². The van der Waals surface area contributed by atoms with Gasteiger partial charge in [0.25, 0.3) is 0 Å². The molecule has 0 amide bonds. The average Bonchev–Trinajstić information content (AvgIpc) is 2.47. The van der Waals surface area contributed by atoms with Crippen LogP contribution in [0.1, 0.15) is 18.4 Å². The lowest BCUT2D eigenvalue weighted by Crippen LogP contribution is -2.42. The van der Waals surface area contributed by atoms with E-state index < -0.39 is 6.04 Å². The van der Waals surface area contributed by atoms with E-state index in [-0.39, 0.29) is 11.9 Å². The Hall–Kier alpha value is -2.04. The molecule has 0 aliphatic heterocycles. The summed E-state index contributed by atoms with van der Waals surface area (Å²) in [4.78, 5) is 14.5. The standard InChI is InChI=1S/C13H18N4O2/c1-10(11-6-4-3-5-7-11)12(13(18)19-2)15-8-9-16-17-14/h3-7,10,12,15H,8-9H2,1-2H3. The van der Waals surface area contributed by atoms with E-state index in [0.717, 1.165) is 5.56 Å². The molecule has 2 unspecified atom stereocenters. The van der Waals surface area contributed by atoms with E-state index in [1.54, 1.807) is 0 Å². The average molecular weight is 262 g/mol. The summed E-state index contributed by atoms with van der Waals surface area (Å²) in [5.74, 6) is -0.350. The van der Waals surface area contributed by atoms with Crippen molar-refractivity contribution in [2.75, 3.05) is 20.2 Å². The predicted octanol–water partition coefficient (Wildman–Crippen LogP) is 2.23. The monoisotopic (exact) mass is 262 g/mol. The van der Waals surface area contributed by atoms with Crippen LogP contribution in [0.4, 0.5) is 0 Å². The molecule has 0 radical (unpaired) electrons. The maximum Gasteiger partial charge on any atom is 0.323 e.